The van der Waals surface area contributed by atoms with Gasteiger partial charge in [0.1, 0.15) is 6.10 Å². The first kappa shape index (κ1) is 14.5. The van der Waals surface area contributed by atoms with E-state index in [1.165, 1.54) is 0 Å². The summed E-state index contributed by atoms with van der Waals surface area (Å²) in [5, 5.41) is 11.3. The van der Waals surface area contributed by atoms with Gasteiger partial charge in [-0.2, -0.15) is 8.78 Å². The van der Waals surface area contributed by atoms with Crippen molar-refractivity contribution in [3.8, 4) is 0 Å². The Morgan fingerprint density at radius 2 is 2.00 bits per heavy atom. The van der Waals surface area contributed by atoms with Crippen LogP contribution in [0.3, 0.4) is 0 Å². The topological polar surface area (TPSA) is 75.3 Å². The summed E-state index contributed by atoms with van der Waals surface area (Å²) >= 11 is 0. The zero-order valence-corrected chi connectivity index (χ0v) is 9.94. The van der Waals surface area contributed by atoms with Gasteiger partial charge in [0.25, 0.3) is 5.91 Å². The molecule has 0 saturated carbocycles. The number of nitrogens with two attached hydrogens (primary N) is 1. The Labute approximate surface area is 104 Å². The van der Waals surface area contributed by atoms with Crippen LogP contribution in [0.2, 0.25) is 0 Å². The number of hydrogen-bond acceptors (Lipinski definition) is 3. The third-order valence-corrected chi connectivity index (χ3v) is 2.62. The van der Waals surface area contributed by atoms with Crippen molar-refractivity contribution in [2.75, 3.05) is 7.05 Å². The smallest absolute Gasteiger partial charge is 0.351 e. The Kier molecular flexibility index (Phi) is 4.75. The molecule has 0 heterocycles. The molecule has 2 atom stereocenters. The van der Waals surface area contributed by atoms with Crippen LogP contribution in [0.5, 0.6) is 0 Å². The summed E-state index contributed by atoms with van der Waals surface area (Å²) < 4.78 is 26.8. The highest BCUT2D eigenvalue weighted by atomic mass is 19.3. The molecule has 1 aromatic rings. The number of halogens is 2. The van der Waals surface area contributed by atoms with Crippen LogP contribution >= 0.6 is 0 Å². The van der Waals surface area contributed by atoms with E-state index in [2.05, 4.69) is 0 Å². The van der Waals surface area contributed by atoms with Gasteiger partial charge in [-0.1, -0.05) is 30.3 Å². The lowest BCUT2D eigenvalue weighted by molar-refractivity contribution is -0.165. The van der Waals surface area contributed by atoms with Gasteiger partial charge in [0.15, 0.2) is 0 Å². The van der Waals surface area contributed by atoms with Gasteiger partial charge in [-0.3, -0.25) is 4.79 Å². The van der Waals surface area contributed by atoms with Gasteiger partial charge in [0.2, 0.25) is 0 Å². The van der Waals surface area contributed by atoms with Gasteiger partial charge < -0.3 is 16.2 Å². The van der Waals surface area contributed by atoms with Gasteiger partial charge >= 0.3 is 5.92 Å². The molecular weight excluding hydrogens is 242 g/mol. The second-order valence-electron chi connectivity index (χ2n) is 4.00. The number of benzene rings is 1. The van der Waals surface area contributed by atoms with E-state index in [4.69, 9.17) is 5.73 Å². The lowest BCUT2D eigenvalue weighted by Crippen LogP contribution is -2.55. The lowest BCUT2D eigenvalue weighted by atomic mass is 9.97. The van der Waals surface area contributed by atoms with Crippen molar-refractivity contribution >= 4 is 5.91 Å². The van der Waals surface area contributed by atoms with E-state index in [9.17, 15) is 18.7 Å². The number of nitrogens with one attached hydrogen (secondary N) is 1. The van der Waals surface area contributed by atoms with E-state index >= 15 is 0 Å². The second-order valence-corrected chi connectivity index (χ2v) is 4.00. The normalized spacial score (nSPS) is 14.9. The summed E-state index contributed by atoms with van der Waals surface area (Å²) in [6.45, 7) is 0. The number of aliphatic hydroxyl groups is 1. The molecule has 4 N–H and O–H groups in total. The largest absolute Gasteiger partial charge is 0.385 e. The van der Waals surface area contributed by atoms with E-state index < -0.39 is 24.0 Å². The van der Waals surface area contributed by atoms with Gasteiger partial charge in [-0.05, 0) is 12.0 Å². The predicted molar refractivity (Wildman–Crippen MR) is 63.1 cm³/mol. The maximum absolute atomic E-state index is 13.4. The molecule has 1 aromatic carbocycles. The van der Waals surface area contributed by atoms with Crippen LogP contribution in [-0.2, 0) is 11.2 Å². The summed E-state index contributed by atoms with van der Waals surface area (Å²) in [5.74, 6) is -5.44. The van der Waals surface area contributed by atoms with Crippen molar-refractivity contribution in [2.45, 2.75) is 24.5 Å². The fourth-order valence-corrected chi connectivity index (χ4v) is 1.57. The fraction of sp³-hybridized carbons (Fsp3) is 0.417. The van der Waals surface area contributed by atoms with Crippen LogP contribution in [0.25, 0.3) is 0 Å². The minimum absolute atomic E-state index is 0.0641. The van der Waals surface area contributed by atoms with Crippen LogP contribution in [0.4, 0.5) is 8.78 Å². The maximum atomic E-state index is 13.4. The maximum Gasteiger partial charge on any atom is 0.351 e. The summed E-state index contributed by atoms with van der Waals surface area (Å²) in [4.78, 5) is 11.0. The molecule has 2 unspecified atom stereocenters. The molecule has 0 bridgehead atoms. The van der Waals surface area contributed by atoms with E-state index in [1.54, 1.807) is 35.6 Å². The average Bonchev–Trinajstić information content (AvgIpc) is 2.37. The van der Waals surface area contributed by atoms with Crippen LogP contribution < -0.4 is 11.1 Å². The quantitative estimate of drug-likeness (QED) is 0.711. The average molecular weight is 258 g/mol. The zero-order valence-electron chi connectivity index (χ0n) is 9.94. The molecule has 100 valence electrons. The Balaban J connectivity index is 2.72. The molecule has 1 rings (SSSR count). The molecule has 18 heavy (non-hydrogen) atoms. The van der Waals surface area contributed by atoms with E-state index in [1.807, 2.05) is 0 Å². The minimum Gasteiger partial charge on any atom is -0.385 e. The number of alkyl halides is 2. The van der Waals surface area contributed by atoms with Crippen LogP contribution in [0.1, 0.15) is 5.56 Å². The predicted octanol–water partition coefficient (Wildman–Crippen LogP) is 0.299. The highest BCUT2D eigenvalue weighted by Crippen LogP contribution is 2.22. The third-order valence-electron chi connectivity index (χ3n) is 2.62. The molecule has 0 fully saturated rings. The zero-order chi connectivity index (χ0) is 13.8. The van der Waals surface area contributed by atoms with Gasteiger partial charge in [0, 0.05) is 13.1 Å². The van der Waals surface area contributed by atoms with Crippen LogP contribution in [0.15, 0.2) is 30.3 Å². The fourth-order valence-electron chi connectivity index (χ4n) is 1.57. The van der Waals surface area contributed by atoms with Crippen molar-refractivity contribution < 1.29 is 18.7 Å². The number of amides is 1. The monoisotopic (exact) mass is 258 g/mol. The molecule has 0 spiro atoms. The Bertz CT molecular complexity index is 398. The van der Waals surface area contributed by atoms with Crippen molar-refractivity contribution in [3.63, 3.8) is 0 Å². The molecule has 0 radical (unpaired) electrons. The standard InChI is InChI=1S/C12H16F2N2O2/c1-16-11(18)12(13,14)10(17)9(15)7-8-5-3-2-4-6-8/h2-6,9-10,17H,7,15H2,1H3,(H,16,18). The summed E-state index contributed by atoms with van der Waals surface area (Å²) in [6.07, 6.45) is -2.16. The Morgan fingerprint density at radius 3 is 2.50 bits per heavy atom. The van der Waals surface area contributed by atoms with Gasteiger partial charge in [0.05, 0.1) is 0 Å². The second kappa shape index (κ2) is 5.88. The van der Waals surface area contributed by atoms with Gasteiger partial charge in [-0.15, -0.1) is 0 Å². The third kappa shape index (κ3) is 3.24. The van der Waals surface area contributed by atoms with Crippen LogP contribution in [0, 0.1) is 0 Å². The van der Waals surface area contributed by atoms with Gasteiger partial charge in [-0.25, -0.2) is 0 Å². The first-order valence-corrected chi connectivity index (χ1v) is 5.47. The molecule has 0 saturated heterocycles. The Morgan fingerprint density at radius 1 is 1.44 bits per heavy atom. The van der Waals surface area contributed by atoms with E-state index in [0.717, 1.165) is 12.6 Å². The number of hydrogen-bond donors (Lipinski definition) is 3. The molecule has 4 nitrogen and oxygen atoms in total. The molecule has 0 aliphatic carbocycles. The SMILES string of the molecule is CNC(=O)C(F)(F)C(O)C(N)Cc1ccccc1. The first-order chi connectivity index (χ1) is 8.39. The lowest BCUT2D eigenvalue weighted by Gasteiger charge is -2.25. The number of rotatable bonds is 5. The number of aliphatic hydroxyl groups excluding tert-OH is 1. The molecule has 0 aromatic heterocycles. The Hall–Kier alpha value is -1.53. The van der Waals surface area contributed by atoms with Crippen molar-refractivity contribution in [1.29, 1.82) is 0 Å². The molecule has 6 heteroatoms. The highest BCUT2D eigenvalue weighted by molar-refractivity contribution is 5.83. The first-order valence-electron chi connectivity index (χ1n) is 5.47. The summed E-state index contributed by atoms with van der Waals surface area (Å²) in [6, 6.07) is 7.47. The number of carbonyl (C=O) groups excluding carboxylic acids is 1. The van der Waals surface area contributed by atoms with Crippen molar-refractivity contribution in [1.82, 2.24) is 5.32 Å². The highest BCUT2D eigenvalue weighted by Gasteiger charge is 2.48. The minimum atomic E-state index is -3.90. The number of carbonyl (C=O) groups is 1. The molecular formula is C12H16F2N2O2. The van der Waals surface area contributed by atoms with E-state index in [-0.39, 0.29) is 6.42 Å². The molecule has 0 aliphatic heterocycles. The van der Waals surface area contributed by atoms with E-state index in [0.29, 0.717) is 0 Å². The summed E-state index contributed by atoms with van der Waals surface area (Å²) in [7, 11) is 1.08. The van der Waals surface area contributed by atoms with Crippen molar-refractivity contribution in [3.05, 3.63) is 35.9 Å². The van der Waals surface area contributed by atoms with Crippen molar-refractivity contribution in [2.24, 2.45) is 5.73 Å². The molecule has 1 amide bonds. The van der Waals surface area contributed by atoms with Crippen LogP contribution in [-0.4, -0.2) is 36.1 Å². The summed E-state index contributed by atoms with van der Waals surface area (Å²) in [5.41, 5.74) is 6.24. The molecule has 0 aliphatic rings.